The second-order valence-electron chi connectivity index (χ2n) is 7.27. The number of rotatable bonds is 2. The van der Waals surface area contributed by atoms with E-state index in [0.29, 0.717) is 5.56 Å². The Hall–Kier alpha value is -1.80. The third kappa shape index (κ3) is 3.20. The molecule has 2 aromatic rings. The maximum atomic E-state index is 13.1. The first kappa shape index (κ1) is 18.0. The minimum Gasteiger partial charge on any atom is -0.399 e. The number of hydrogen-bond donors (Lipinski definition) is 0. The van der Waals surface area contributed by atoms with Crippen molar-refractivity contribution in [1.82, 2.24) is 9.78 Å². The van der Waals surface area contributed by atoms with Gasteiger partial charge in [0.2, 0.25) is 0 Å². The summed E-state index contributed by atoms with van der Waals surface area (Å²) in [7, 11) is 0.923. The van der Waals surface area contributed by atoms with Crippen LogP contribution in [0.1, 0.15) is 33.4 Å². The summed E-state index contributed by atoms with van der Waals surface area (Å²) in [6.45, 7) is 7.80. The standard InChI is InChI=1S/C17H20BF3N2O2/c1-15(2)16(3,4)25-18(24-15)12-8-6-11(7-9-12)13-10-23(5)22-14(13)17(19,20)21/h6-10H,1-5H3. The van der Waals surface area contributed by atoms with E-state index in [1.165, 1.54) is 17.9 Å². The summed E-state index contributed by atoms with van der Waals surface area (Å²) < 4.78 is 52.5. The molecule has 0 amide bonds. The molecule has 1 aromatic carbocycles. The van der Waals surface area contributed by atoms with Gasteiger partial charge in [0.15, 0.2) is 5.69 Å². The van der Waals surface area contributed by atoms with Crippen LogP contribution >= 0.6 is 0 Å². The first-order valence-corrected chi connectivity index (χ1v) is 7.97. The number of hydrogen-bond acceptors (Lipinski definition) is 3. The number of aryl methyl sites for hydroxylation is 1. The van der Waals surface area contributed by atoms with Gasteiger partial charge in [-0.15, -0.1) is 0 Å². The Balaban J connectivity index is 1.90. The lowest BCUT2D eigenvalue weighted by molar-refractivity contribution is -0.140. The molecule has 0 saturated carbocycles. The lowest BCUT2D eigenvalue weighted by Gasteiger charge is -2.32. The summed E-state index contributed by atoms with van der Waals surface area (Å²) in [6, 6.07) is 6.72. The lowest BCUT2D eigenvalue weighted by atomic mass is 9.78. The Kier molecular flexibility index (Phi) is 4.04. The number of benzene rings is 1. The van der Waals surface area contributed by atoms with Crippen molar-refractivity contribution < 1.29 is 22.5 Å². The van der Waals surface area contributed by atoms with Crippen LogP contribution in [0.5, 0.6) is 0 Å². The highest BCUT2D eigenvalue weighted by atomic mass is 19.4. The van der Waals surface area contributed by atoms with Crippen molar-refractivity contribution in [2.24, 2.45) is 7.05 Å². The van der Waals surface area contributed by atoms with E-state index in [0.717, 1.165) is 5.46 Å². The zero-order valence-electron chi connectivity index (χ0n) is 14.8. The van der Waals surface area contributed by atoms with E-state index >= 15 is 0 Å². The van der Waals surface area contributed by atoms with Crippen LogP contribution in [-0.4, -0.2) is 28.1 Å². The van der Waals surface area contributed by atoms with Crippen LogP contribution in [0, 0.1) is 0 Å². The Morgan fingerprint density at radius 2 is 1.52 bits per heavy atom. The number of nitrogens with zero attached hydrogens (tertiary/aromatic N) is 2. The molecule has 0 unspecified atom stereocenters. The monoisotopic (exact) mass is 352 g/mol. The van der Waals surface area contributed by atoms with Crippen molar-refractivity contribution in [2.45, 2.75) is 45.1 Å². The molecule has 1 aliphatic heterocycles. The molecule has 0 spiro atoms. The van der Waals surface area contributed by atoms with E-state index in [9.17, 15) is 13.2 Å². The van der Waals surface area contributed by atoms with Crippen LogP contribution < -0.4 is 5.46 Å². The molecule has 4 nitrogen and oxygen atoms in total. The van der Waals surface area contributed by atoms with E-state index < -0.39 is 30.2 Å². The Bertz CT molecular complexity index is 766. The maximum Gasteiger partial charge on any atom is 0.494 e. The second kappa shape index (κ2) is 5.61. The predicted molar refractivity (Wildman–Crippen MR) is 89.4 cm³/mol. The molecule has 25 heavy (non-hydrogen) atoms. The molecule has 0 aliphatic carbocycles. The molecule has 1 aliphatic rings. The molecule has 0 atom stereocenters. The zero-order chi connectivity index (χ0) is 18.6. The average Bonchev–Trinajstić information content (AvgIpc) is 2.97. The largest absolute Gasteiger partial charge is 0.494 e. The smallest absolute Gasteiger partial charge is 0.399 e. The van der Waals surface area contributed by atoms with Gasteiger partial charge >= 0.3 is 13.3 Å². The highest BCUT2D eigenvalue weighted by molar-refractivity contribution is 6.62. The lowest BCUT2D eigenvalue weighted by Crippen LogP contribution is -2.41. The first-order chi connectivity index (χ1) is 11.4. The minimum absolute atomic E-state index is 0.0514. The third-order valence-corrected chi connectivity index (χ3v) is 4.84. The van der Waals surface area contributed by atoms with Crippen LogP contribution in [0.15, 0.2) is 30.5 Å². The summed E-state index contributed by atoms with van der Waals surface area (Å²) in [5, 5.41) is 3.54. The molecule has 0 radical (unpaired) electrons. The van der Waals surface area contributed by atoms with Crippen LogP contribution in [0.4, 0.5) is 13.2 Å². The molecule has 0 N–H and O–H groups in total. The summed E-state index contributed by atoms with van der Waals surface area (Å²) in [4.78, 5) is 0. The Morgan fingerprint density at radius 3 is 2.00 bits per heavy atom. The first-order valence-electron chi connectivity index (χ1n) is 7.97. The summed E-state index contributed by atoms with van der Waals surface area (Å²) in [5.41, 5.74) is -0.568. The van der Waals surface area contributed by atoms with Crippen molar-refractivity contribution in [1.29, 1.82) is 0 Å². The molecule has 1 aromatic heterocycles. The fourth-order valence-corrected chi connectivity index (χ4v) is 2.71. The van der Waals surface area contributed by atoms with E-state index in [2.05, 4.69) is 5.10 Å². The summed E-state index contributed by atoms with van der Waals surface area (Å²) >= 11 is 0. The Morgan fingerprint density at radius 1 is 1.00 bits per heavy atom. The van der Waals surface area contributed by atoms with Gasteiger partial charge in [0.05, 0.1) is 11.2 Å². The third-order valence-electron chi connectivity index (χ3n) is 4.84. The normalized spacial score (nSPS) is 19.4. The van der Waals surface area contributed by atoms with Gasteiger partial charge in [0.1, 0.15) is 0 Å². The van der Waals surface area contributed by atoms with Gasteiger partial charge in [-0.05, 0) is 38.7 Å². The van der Waals surface area contributed by atoms with Crippen molar-refractivity contribution in [3.05, 3.63) is 36.2 Å². The number of aromatic nitrogens is 2. The fraction of sp³-hybridized carbons (Fsp3) is 0.471. The molecule has 1 saturated heterocycles. The van der Waals surface area contributed by atoms with E-state index in [4.69, 9.17) is 9.31 Å². The molecule has 0 bridgehead atoms. The van der Waals surface area contributed by atoms with Gasteiger partial charge in [-0.1, -0.05) is 24.3 Å². The van der Waals surface area contributed by atoms with Crippen LogP contribution in [0.2, 0.25) is 0 Å². The molecule has 134 valence electrons. The maximum absolute atomic E-state index is 13.1. The zero-order valence-corrected chi connectivity index (χ0v) is 14.8. The topological polar surface area (TPSA) is 36.3 Å². The molecular weight excluding hydrogens is 332 g/mol. The number of alkyl halides is 3. The quantitative estimate of drug-likeness (QED) is 0.778. The SMILES string of the molecule is Cn1cc(-c2ccc(B3OC(C)(C)C(C)(C)O3)cc2)c(C(F)(F)F)n1. The fourth-order valence-electron chi connectivity index (χ4n) is 2.71. The van der Waals surface area contributed by atoms with Gasteiger partial charge in [0.25, 0.3) is 0 Å². The summed E-state index contributed by atoms with van der Waals surface area (Å²) in [6.07, 6.45) is -3.13. The molecule has 2 heterocycles. The van der Waals surface area contributed by atoms with E-state index in [1.807, 2.05) is 27.7 Å². The second-order valence-corrected chi connectivity index (χ2v) is 7.27. The molecule has 3 rings (SSSR count). The Labute approximate surface area is 145 Å². The number of halogens is 3. The van der Waals surface area contributed by atoms with Crippen molar-refractivity contribution in [3.8, 4) is 11.1 Å². The van der Waals surface area contributed by atoms with Crippen molar-refractivity contribution in [3.63, 3.8) is 0 Å². The van der Waals surface area contributed by atoms with Gasteiger partial charge in [-0.3, -0.25) is 4.68 Å². The summed E-state index contributed by atoms with van der Waals surface area (Å²) in [5.74, 6) is 0. The van der Waals surface area contributed by atoms with Gasteiger partial charge in [-0.2, -0.15) is 18.3 Å². The molecule has 8 heteroatoms. The van der Waals surface area contributed by atoms with Gasteiger partial charge < -0.3 is 9.31 Å². The minimum atomic E-state index is -4.50. The van der Waals surface area contributed by atoms with Crippen molar-refractivity contribution >= 4 is 12.6 Å². The molecule has 1 fully saturated rings. The predicted octanol–water partition coefficient (Wildman–Crippen LogP) is 3.41. The van der Waals surface area contributed by atoms with E-state index in [-0.39, 0.29) is 5.56 Å². The highest BCUT2D eigenvalue weighted by Gasteiger charge is 2.51. The van der Waals surface area contributed by atoms with Gasteiger partial charge in [0, 0.05) is 18.8 Å². The average molecular weight is 352 g/mol. The highest BCUT2D eigenvalue weighted by Crippen LogP contribution is 2.37. The van der Waals surface area contributed by atoms with E-state index in [1.54, 1.807) is 24.3 Å². The molecular formula is C17H20BF3N2O2. The van der Waals surface area contributed by atoms with Crippen molar-refractivity contribution in [2.75, 3.05) is 0 Å². The van der Waals surface area contributed by atoms with Crippen LogP contribution in [-0.2, 0) is 22.5 Å². The van der Waals surface area contributed by atoms with Crippen LogP contribution in [0.3, 0.4) is 0 Å². The van der Waals surface area contributed by atoms with Gasteiger partial charge in [-0.25, -0.2) is 0 Å². The van der Waals surface area contributed by atoms with Crippen LogP contribution in [0.25, 0.3) is 11.1 Å².